The molecule has 0 bridgehead atoms. The van der Waals surface area contributed by atoms with Crippen molar-refractivity contribution in [2.24, 2.45) is 0 Å². The van der Waals surface area contributed by atoms with Gasteiger partial charge in [0, 0.05) is 5.92 Å². The Hall–Kier alpha value is -2.08. The minimum Gasteiger partial charge on any atom is -0.0804 e. The third kappa shape index (κ3) is 1.26. The van der Waals surface area contributed by atoms with Gasteiger partial charge in [-0.2, -0.15) is 0 Å². The normalized spacial score (nSPS) is 16.6. The van der Waals surface area contributed by atoms with E-state index in [2.05, 4.69) is 60.7 Å². The van der Waals surface area contributed by atoms with Crippen LogP contribution in [0.15, 0.2) is 66.3 Å². The van der Waals surface area contributed by atoms with Crippen molar-refractivity contribution in [2.45, 2.75) is 12.3 Å². The Bertz CT molecular complexity index is 628. The molecule has 0 amide bonds. The first-order valence-electron chi connectivity index (χ1n) is 6.40. The van der Waals surface area contributed by atoms with Gasteiger partial charge in [0.15, 0.2) is 0 Å². The Balaban J connectivity index is 1.98. The monoisotopic (exact) mass is 229 g/mol. The standard InChI is InChI=1S/C18H13/c1-2-8-13(7-1)18-16-11-5-3-9-14(16)15-10-4-6-12-17(15)18/h1-7,9-11,18H,8H2. The van der Waals surface area contributed by atoms with E-state index in [4.69, 9.17) is 0 Å². The maximum Gasteiger partial charge on any atom is 0.0323 e. The van der Waals surface area contributed by atoms with E-state index in [1.165, 1.54) is 27.8 Å². The summed E-state index contributed by atoms with van der Waals surface area (Å²) in [6.45, 7) is 0. The molecule has 2 aliphatic carbocycles. The zero-order chi connectivity index (χ0) is 11.9. The third-order valence-electron chi connectivity index (χ3n) is 3.91. The Morgan fingerprint density at radius 1 is 1.00 bits per heavy atom. The summed E-state index contributed by atoms with van der Waals surface area (Å²) in [6.07, 6.45) is 7.73. The van der Waals surface area contributed by atoms with Gasteiger partial charge in [-0.05, 0) is 34.7 Å². The Labute approximate surface area is 107 Å². The Morgan fingerprint density at radius 3 is 2.78 bits per heavy atom. The van der Waals surface area contributed by atoms with Crippen LogP contribution in [0.5, 0.6) is 0 Å². The smallest absolute Gasteiger partial charge is 0.0323 e. The largest absolute Gasteiger partial charge is 0.0804 e. The Morgan fingerprint density at radius 2 is 1.89 bits per heavy atom. The molecule has 1 unspecified atom stereocenters. The van der Waals surface area contributed by atoms with Crippen molar-refractivity contribution in [1.82, 2.24) is 0 Å². The van der Waals surface area contributed by atoms with Gasteiger partial charge in [0.25, 0.3) is 0 Å². The molecule has 1 radical (unpaired) electrons. The van der Waals surface area contributed by atoms with Crippen LogP contribution in [0.4, 0.5) is 0 Å². The average Bonchev–Trinajstić information content (AvgIpc) is 3.03. The van der Waals surface area contributed by atoms with E-state index in [1.807, 2.05) is 6.07 Å². The van der Waals surface area contributed by atoms with Crippen LogP contribution < -0.4 is 0 Å². The molecule has 0 aromatic heterocycles. The summed E-state index contributed by atoms with van der Waals surface area (Å²) in [5.41, 5.74) is 7.00. The number of fused-ring (bicyclic) bond motifs is 3. The average molecular weight is 229 g/mol. The van der Waals surface area contributed by atoms with Crippen molar-refractivity contribution >= 4 is 0 Å². The van der Waals surface area contributed by atoms with Gasteiger partial charge in [0.2, 0.25) is 0 Å². The summed E-state index contributed by atoms with van der Waals surface area (Å²) < 4.78 is 0. The summed E-state index contributed by atoms with van der Waals surface area (Å²) in [4.78, 5) is 0. The molecular formula is C18H13. The molecule has 4 rings (SSSR count). The fourth-order valence-corrected chi connectivity index (χ4v) is 3.14. The van der Waals surface area contributed by atoms with Crippen LogP contribution in [-0.2, 0) is 0 Å². The summed E-state index contributed by atoms with van der Waals surface area (Å²) in [7, 11) is 0. The second-order valence-corrected chi connectivity index (χ2v) is 4.89. The molecule has 0 nitrogen and oxygen atoms in total. The zero-order valence-corrected chi connectivity index (χ0v) is 10.1. The summed E-state index contributed by atoms with van der Waals surface area (Å²) in [5.74, 6) is 0.410. The lowest BCUT2D eigenvalue weighted by atomic mass is 9.88. The molecule has 18 heavy (non-hydrogen) atoms. The minimum atomic E-state index is 0.410. The third-order valence-corrected chi connectivity index (χ3v) is 3.91. The molecule has 0 N–H and O–H groups in total. The SMILES string of the molecule is [c]1cccc2c1C(C1=CC=CC1)c1ccccc1-2. The molecule has 2 aromatic rings. The van der Waals surface area contributed by atoms with Gasteiger partial charge in [-0.25, -0.2) is 0 Å². The van der Waals surface area contributed by atoms with Crippen LogP contribution in [0.1, 0.15) is 23.5 Å². The van der Waals surface area contributed by atoms with Crippen LogP contribution in [0.25, 0.3) is 11.1 Å². The quantitative estimate of drug-likeness (QED) is 0.676. The number of benzene rings is 2. The van der Waals surface area contributed by atoms with Gasteiger partial charge in [-0.15, -0.1) is 0 Å². The minimum absolute atomic E-state index is 0.410. The summed E-state index contributed by atoms with van der Waals surface area (Å²) in [5, 5.41) is 0. The van der Waals surface area contributed by atoms with Crippen molar-refractivity contribution in [1.29, 1.82) is 0 Å². The topological polar surface area (TPSA) is 0 Å². The van der Waals surface area contributed by atoms with Gasteiger partial charge in [-0.3, -0.25) is 0 Å². The predicted molar refractivity (Wildman–Crippen MR) is 74.4 cm³/mol. The van der Waals surface area contributed by atoms with E-state index < -0.39 is 0 Å². The molecule has 0 saturated carbocycles. The molecule has 0 saturated heterocycles. The van der Waals surface area contributed by atoms with E-state index in [9.17, 15) is 0 Å². The lowest BCUT2D eigenvalue weighted by Crippen LogP contribution is -1.99. The van der Waals surface area contributed by atoms with Crippen molar-refractivity contribution in [3.05, 3.63) is 83.5 Å². The molecule has 1 atom stereocenters. The second-order valence-electron chi connectivity index (χ2n) is 4.89. The highest BCUT2D eigenvalue weighted by Gasteiger charge is 2.30. The molecular weight excluding hydrogens is 216 g/mol. The highest BCUT2D eigenvalue weighted by Crippen LogP contribution is 2.48. The first-order valence-corrected chi connectivity index (χ1v) is 6.40. The molecule has 0 aliphatic heterocycles. The van der Waals surface area contributed by atoms with Gasteiger partial charge in [-0.1, -0.05) is 66.3 Å². The number of rotatable bonds is 1. The van der Waals surface area contributed by atoms with Crippen LogP contribution in [0.3, 0.4) is 0 Å². The Kier molecular flexibility index (Phi) is 2.04. The second kappa shape index (κ2) is 3.71. The van der Waals surface area contributed by atoms with Crippen LogP contribution >= 0.6 is 0 Å². The highest BCUT2D eigenvalue weighted by atomic mass is 14.3. The molecule has 2 aromatic carbocycles. The van der Waals surface area contributed by atoms with E-state index in [0.29, 0.717) is 5.92 Å². The van der Waals surface area contributed by atoms with Crippen molar-refractivity contribution < 1.29 is 0 Å². The van der Waals surface area contributed by atoms with Crippen LogP contribution in [-0.4, -0.2) is 0 Å². The van der Waals surface area contributed by atoms with Crippen LogP contribution in [0.2, 0.25) is 0 Å². The fraction of sp³-hybridized carbons (Fsp3) is 0.111. The molecule has 0 spiro atoms. The number of hydrogen-bond donors (Lipinski definition) is 0. The molecule has 2 aliphatic rings. The maximum absolute atomic E-state index is 3.45. The van der Waals surface area contributed by atoms with Crippen LogP contribution in [0, 0.1) is 6.07 Å². The van der Waals surface area contributed by atoms with E-state index >= 15 is 0 Å². The lowest BCUT2D eigenvalue weighted by Gasteiger charge is -2.14. The molecule has 0 fully saturated rings. The van der Waals surface area contributed by atoms with Crippen molar-refractivity contribution in [2.75, 3.05) is 0 Å². The fourth-order valence-electron chi connectivity index (χ4n) is 3.14. The zero-order valence-electron chi connectivity index (χ0n) is 10.1. The molecule has 0 heterocycles. The van der Waals surface area contributed by atoms with E-state index in [1.54, 1.807) is 0 Å². The van der Waals surface area contributed by atoms with E-state index in [0.717, 1.165) is 6.42 Å². The van der Waals surface area contributed by atoms with Crippen molar-refractivity contribution in [3.63, 3.8) is 0 Å². The van der Waals surface area contributed by atoms with Crippen molar-refractivity contribution in [3.8, 4) is 11.1 Å². The van der Waals surface area contributed by atoms with Gasteiger partial charge in [0.1, 0.15) is 0 Å². The summed E-state index contributed by atoms with van der Waals surface area (Å²) >= 11 is 0. The van der Waals surface area contributed by atoms with Gasteiger partial charge < -0.3 is 0 Å². The van der Waals surface area contributed by atoms with E-state index in [-0.39, 0.29) is 0 Å². The maximum atomic E-state index is 3.45. The predicted octanol–water partition coefficient (Wildman–Crippen LogP) is 4.49. The van der Waals surface area contributed by atoms with Gasteiger partial charge in [0.05, 0.1) is 0 Å². The summed E-state index contributed by atoms with van der Waals surface area (Å²) in [6, 6.07) is 18.5. The number of allylic oxidation sites excluding steroid dienone is 4. The first-order chi connectivity index (χ1) is 8.95. The first kappa shape index (κ1) is 9.90. The van der Waals surface area contributed by atoms with Gasteiger partial charge >= 0.3 is 0 Å². The molecule has 85 valence electrons. The number of hydrogen-bond acceptors (Lipinski definition) is 0. The lowest BCUT2D eigenvalue weighted by molar-refractivity contribution is 0.946. The molecule has 0 heteroatoms. The highest BCUT2D eigenvalue weighted by molar-refractivity contribution is 5.80.